The van der Waals surface area contributed by atoms with Gasteiger partial charge in [-0.3, -0.25) is 4.98 Å². The summed E-state index contributed by atoms with van der Waals surface area (Å²) in [6.07, 6.45) is 3.75. The number of benzene rings is 1. The van der Waals surface area contributed by atoms with Crippen molar-refractivity contribution < 1.29 is 4.79 Å². The molecule has 0 fully saturated rings. The maximum absolute atomic E-state index is 11.8. The highest BCUT2D eigenvalue weighted by molar-refractivity contribution is 7.99. The fourth-order valence-electron chi connectivity index (χ4n) is 1.69. The van der Waals surface area contributed by atoms with Crippen LogP contribution < -0.4 is 10.6 Å². The summed E-state index contributed by atoms with van der Waals surface area (Å²) < 4.78 is 0. The quantitative estimate of drug-likeness (QED) is 0.901. The molecule has 100 valence electrons. The molecule has 4 nitrogen and oxygen atoms in total. The highest BCUT2D eigenvalue weighted by atomic mass is 32.2. The van der Waals surface area contributed by atoms with Crippen molar-refractivity contribution >= 4 is 34.4 Å². The topological polar surface area (TPSA) is 54.0 Å². The van der Waals surface area contributed by atoms with E-state index in [2.05, 4.69) is 22.5 Å². The molecule has 1 aromatic heterocycles. The molecule has 0 saturated heterocycles. The van der Waals surface area contributed by atoms with Gasteiger partial charge in [0.2, 0.25) is 0 Å². The fourth-order valence-corrected chi connectivity index (χ4v) is 1.94. The Labute approximate surface area is 117 Å². The molecular weight excluding hydrogens is 258 g/mol. The number of pyridine rings is 1. The van der Waals surface area contributed by atoms with Crippen molar-refractivity contribution in [1.82, 2.24) is 10.3 Å². The summed E-state index contributed by atoms with van der Waals surface area (Å²) in [7, 11) is 0. The third kappa shape index (κ3) is 3.61. The van der Waals surface area contributed by atoms with E-state index in [4.69, 9.17) is 0 Å². The number of fused-ring (bicyclic) bond motifs is 1. The van der Waals surface area contributed by atoms with Crippen LogP contribution in [0.3, 0.4) is 0 Å². The number of urea groups is 1. The number of para-hydroxylation sites is 1. The van der Waals surface area contributed by atoms with Crippen molar-refractivity contribution in [2.75, 3.05) is 18.1 Å². The van der Waals surface area contributed by atoms with Crippen LogP contribution in [-0.2, 0) is 0 Å². The Kier molecular flexibility index (Phi) is 4.63. The van der Waals surface area contributed by atoms with Gasteiger partial charge in [0, 0.05) is 23.4 Å². The molecule has 0 bridgehead atoms. The number of aromatic nitrogens is 1. The minimum absolute atomic E-state index is 0.195. The minimum atomic E-state index is -0.195. The second-order valence-corrected chi connectivity index (χ2v) is 5.54. The van der Waals surface area contributed by atoms with Crippen LogP contribution in [0.1, 0.15) is 6.92 Å². The number of thioether (sulfide) groups is 1. The second-order valence-electron chi connectivity index (χ2n) is 4.26. The van der Waals surface area contributed by atoms with Gasteiger partial charge in [-0.25, -0.2) is 4.79 Å². The van der Waals surface area contributed by atoms with Crippen LogP contribution in [-0.4, -0.2) is 29.1 Å². The predicted molar refractivity (Wildman–Crippen MR) is 81.7 cm³/mol. The van der Waals surface area contributed by atoms with Gasteiger partial charge in [-0.05, 0) is 18.4 Å². The van der Waals surface area contributed by atoms with E-state index in [0.29, 0.717) is 11.8 Å². The first-order valence-electron chi connectivity index (χ1n) is 6.12. The van der Waals surface area contributed by atoms with E-state index in [9.17, 15) is 4.79 Å². The molecule has 5 heteroatoms. The summed E-state index contributed by atoms with van der Waals surface area (Å²) in [5, 5.41) is 7.10. The van der Waals surface area contributed by atoms with Gasteiger partial charge in [0.05, 0.1) is 11.2 Å². The van der Waals surface area contributed by atoms with Gasteiger partial charge >= 0.3 is 6.03 Å². The number of hydrogen-bond acceptors (Lipinski definition) is 3. The molecule has 0 aliphatic rings. The Bertz CT molecular complexity index is 568. The van der Waals surface area contributed by atoms with Crippen LogP contribution in [0, 0.1) is 0 Å². The highest BCUT2D eigenvalue weighted by Crippen LogP contribution is 2.20. The van der Waals surface area contributed by atoms with Crippen LogP contribution in [0.15, 0.2) is 36.5 Å². The average Bonchev–Trinajstić information content (AvgIpc) is 2.45. The summed E-state index contributed by atoms with van der Waals surface area (Å²) in [6, 6.07) is 9.39. The van der Waals surface area contributed by atoms with Crippen molar-refractivity contribution in [3.63, 3.8) is 0 Å². The van der Waals surface area contributed by atoms with E-state index in [1.807, 2.05) is 36.6 Å². The molecule has 0 radical (unpaired) electrons. The summed E-state index contributed by atoms with van der Waals surface area (Å²) in [4.78, 5) is 16.1. The second kappa shape index (κ2) is 6.43. The summed E-state index contributed by atoms with van der Waals surface area (Å²) >= 11 is 1.72. The van der Waals surface area contributed by atoms with Crippen LogP contribution in [0.2, 0.25) is 0 Å². The van der Waals surface area contributed by atoms with Gasteiger partial charge in [-0.1, -0.05) is 25.1 Å². The third-order valence-corrected chi connectivity index (χ3v) is 3.80. The lowest BCUT2D eigenvalue weighted by Gasteiger charge is -2.12. The largest absolute Gasteiger partial charge is 0.337 e. The lowest BCUT2D eigenvalue weighted by molar-refractivity contribution is 0.252. The van der Waals surface area contributed by atoms with Crippen LogP contribution in [0.25, 0.3) is 10.9 Å². The summed E-state index contributed by atoms with van der Waals surface area (Å²) in [5.74, 6) is 0. The van der Waals surface area contributed by atoms with Gasteiger partial charge in [-0.2, -0.15) is 11.8 Å². The molecule has 0 aliphatic carbocycles. The molecule has 2 N–H and O–H groups in total. The van der Waals surface area contributed by atoms with Gasteiger partial charge in [-0.15, -0.1) is 0 Å². The Morgan fingerprint density at radius 1 is 1.37 bits per heavy atom. The van der Waals surface area contributed by atoms with Gasteiger partial charge < -0.3 is 10.6 Å². The van der Waals surface area contributed by atoms with E-state index in [1.165, 1.54) is 0 Å². The minimum Gasteiger partial charge on any atom is -0.337 e. The Morgan fingerprint density at radius 3 is 2.95 bits per heavy atom. The number of anilines is 1. The van der Waals surface area contributed by atoms with Crippen LogP contribution in [0.4, 0.5) is 10.5 Å². The number of hydrogen-bond donors (Lipinski definition) is 2. The standard InChI is InChI=1S/C14H17N3OS/c1-10(19-2)9-16-14(18)17-12-7-3-5-11-6-4-8-15-13(11)12/h3-8,10H,9H2,1-2H3,(H2,16,17,18)/t10-/m0/s1. The maximum atomic E-state index is 11.8. The third-order valence-electron chi connectivity index (χ3n) is 2.83. The first-order chi connectivity index (χ1) is 9.20. The number of carbonyl (C=O) groups is 1. The number of rotatable bonds is 4. The number of carbonyl (C=O) groups excluding carboxylic acids is 1. The van der Waals surface area contributed by atoms with Crippen molar-refractivity contribution in [2.45, 2.75) is 12.2 Å². The fraction of sp³-hybridized carbons (Fsp3) is 0.286. The molecule has 0 saturated carbocycles. The zero-order chi connectivity index (χ0) is 13.7. The molecule has 0 unspecified atom stereocenters. The molecule has 1 aromatic carbocycles. The number of nitrogens with zero attached hydrogens (tertiary/aromatic N) is 1. The molecule has 2 aromatic rings. The summed E-state index contributed by atoms with van der Waals surface area (Å²) in [6.45, 7) is 2.72. The van der Waals surface area contributed by atoms with Crippen molar-refractivity contribution in [3.8, 4) is 0 Å². The smallest absolute Gasteiger partial charge is 0.319 e. The first-order valence-corrected chi connectivity index (χ1v) is 7.41. The number of amides is 2. The first kappa shape index (κ1) is 13.7. The maximum Gasteiger partial charge on any atom is 0.319 e. The zero-order valence-electron chi connectivity index (χ0n) is 11.0. The zero-order valence-corrected chi connectivity index (χ0v) is 11.8. The lowest BCUT2D eigenvalue weighted by atomic mass is 10.2. The van der Waals surface area contributed by atoms with E-state index in [1.54, 1.807) is 18.0 Å². The molecule has 2 rings (SSSR count). The SMILES string of the molecule is CS[C@@H](C)CNC(=O)Nc1cccc2cccnc12. The lowest BCUT2D eigenvalue weighted by Crippen LogP contribution is -2.33. The van der Waals surface area contributed by atoms with Crippen LogP contribution >= 0.6 is 11.8 Å². The molecule has 0 spiro atoms. The molecule has 1 heterocycles. The van der Waals surface area contributed by atoms with Gasteiger partial charge in [0.1, 0.15) is 0 Å². The van der Waals surface area contributed by atoms with E-state index in [0.717, 1.165) is 16.6 Å². The molecule has 2 amide bonds. The molecule has 1 atom stereocenters. The molecular formula is C14H17N3OS. The monoisotopic (exact) mass is 275 g/mol. The van der Waals surface area contributed by atoms with E-state index < -0.39 is 0 Å². The van der Waals surface area contributed by atoms with Crippen molar-refractivity contribution in [1.29, 1.82) is 0 Å². The highest BCUT2D eigenvalue weighted by Gasteiger charge is 2.07. The Balaban J connectivity index is 2.07. The summed E-state index contributed by atoms with van der Waals surface area (Å²) in [5.41, 5.74) is 1.53. The van der Waals surface area contributed by atoms with Crippen molar-refractivity contribution in [3.05, 3.63) is 36.5 Å². The van der Waals surface area contributed by atoms with Crippen LogP contribution in [0.5, 0.6) is 0 Å². The van der Waals surface area contributed by atoms with Gasteiger partial charge in [0.15, 0.2) is 0 Å². The normalized spacial score (nSPS) is 12.1. The number of nitrogens with one attached hydrogen (secondary N) is 2. The predicted octanol–water partition coefficient (Wildman–Crippen LogP) is 3.11. The van der Waals surface area contributed by atoms with Crippen molar-refractivity contribution in [2.24, 2.45) is 0 Å². The Hall–Kier alpha value is -1.75. The van der Waals surface area contributed by atoms with Gasteiger partial charge in [0.25, 0.3) is 0 Å². The average molecular weight is 275 g/mol. The molecule has 0 aliphatic heterocycles. The van der Waals surface area contributed by atoms with E-state index in [-0.39, 0.29) is 6.03 Å². The van der Waals surface area contributed by atoms with E-state index >= 15 is 0 Å². The molecule has 19 heavy (non-hydrogen) atoms. The Morgan fingerprint density at radius 2 is 2.16 bits per heavy atom.